The zero-order valence-electron chi connectivity index (χ0n) is 17.7. The van der Waals surface area contributed by atoms with Crippen LogP contribution in [0, 0.1) is 37.5 Å². The highest BCUT2D eigenvalue weighted by atomic mass is 16.6. The highest BCUT2D eigenvalue weighted by Gasteiger charge is 2.64. The van der Waals surface area contributed by atoms with Crippen LogP contribution in [0.5, 0.6) is 0 Å². The fourth-order valence-corrected chi connectivity index (χ4v) is 6.06. The summed E-state index contributed by atoms with van der Waals surface area (Å²) >= 11 is 0. The van der Waals surface area contributed by atoms with Gasteiger partial charge in [0.25, 0.3) is 0 Å². The van der Waals surface area contributed by atoms with Crippen LogP contribution in [0.4, 0.5) is 0 Å². The lowest BCUT2D eigenvalue weighted by molar-refractivity contribution is -0.127. The summed E-state index contributed by atoms with van der Waals surface area (Å²) in [7, 11) is 0. The predicted octanol–water partition coefficient (Wildman–Crippen LogP) is 4.30. The normalized spacial score (nSPS) is 30.8. The second-order valence-corrected chi connectivity index (χ2v) is 9.13. The minimum atomic E-state index is -0.589. The Balaban J connectivity index is 1.43. The molecule has 0 N–H and O–H groups in total. The molecule has 3 saturated carbocycles. The molecule has 3 aliphatic carbocycles. The van der Waals surface area contributed by atoms with Gasteiger partial charge in [0.1, 0.15) is 18.0 Å². The van der Waals surface area contributed by atoms with Gasteiger partial charge in [0.15, 0.2) is 0 Å². The molecule has 5 rings (SSSR count). The minimum Gasteiger partial charge on any atom is -0.454 e. The summed E-state index contributed by atoms with van der Waals surface area (Å²) in [4.78, 5) is 38.5. The van der Waals surface area contributed by atoms with Crippen LogP contribution in [0.25, 0.3) is 0 Å². The SMILES string of the molecule is Cc1ccccc1C(=O)OC1C2CC(C1OC(=O)c1ccccc1C)C1C(=O)CCC21. The van der Waals surface area contributed by atoms with Gasteiger partial charge in [-0.25, -0.2) is 9.59 Å². The third kappa shape index (κ3) is 3.27. The monoisotopic (exact) mass is 418 g/mol. The molecule has 6 atom stereocenters. The second-order valence-electron chi connectivity index (χ2n) is 9.13. The largest absolute Gasteiger partial charge is 0.454 e. The third-order valence-corrected chi connectivity index (χ3v) is 7.50. The number of hydrogen-bond donors (Lipinski definition) is 0. The maximum atomic E-state index is 13.0. The first-order valence-corrected chi connectivity index (χ1v) is 11.0. The molecule has 0 aliphatic heterocycles. The molecule has 2 aromatic carbocycles. The van der Waals surface area contributed by atoms with Crippen molar-refractivity contribution in [3.8, 4) is 0 Å². The van der Waals surface area contributed by atoms with Gasteiger partial charge in [-0.2, -0.15) is 0 Å². The number of benzene rings is 2. The van der Waals surface area contributed by atoms with E-state index < -0.39 is 24.1 Å². The number of carbonyl (C=O) groups is 3. The van der Waals surface area contributed by atoms with E-state index in [0.717, 1.165) is 24.0 Å². The first-order valence-electron chi connectivity index (χ1n) is 11.0. The first-order chi connectivity index (χ1) is 15.0. The van der Waals surface area contributed by atoms with Gasteiger partial charge >= 0.3 is 11.9 Å². The molecule has 2 bridgehead atoms. The van der Waals surface area contributed by atoms with Crippen molar-refractivity contribution in [3.05, 3.63) is 70.8 Å². The Morgan fingerprint density at radius 3 is 1.84 bits per heavy atom. The Hall–Kier alpha value is -2.95. The molecule has 160 valence electrons. The molecule has 3 fully saturated rings. The summed E-state index contributed by atoms with van der Waals surface area (Å²) in [6, 6.07) is 14.6. The van der Waals surface area contributed by atoms with Crippen LogP contribution < -0.4 is 0 Å². The van der Waals surface area contributed by atoms with E-state index in [9.17, 15) is 14.4 Å². The smallest absolute Gasteiger partial charge is 0.338 e. The van der Waals surface area contributed by atoms with E-state index >= 15 is 0 Å². The van der Waals surface area contributed by atoms with E-state index in [1.165, 1.54) is 0 Å². The molecule has 0 spiro atoms. The van der Waals surface area contributed by atoms with Crippen LogP contribution in [0.1, 0.15) is 51.1 Å². The van der Waals surface area contributed by atoms with Gasteiger partial charge in [-0.1, -0.05) is 36.4 Å². The molecule has 3 aliphatic rings. The molecule has 0 heterocycles. The highest BCUT2D eigenvalue weighted by molar-refractivity contribution is 5.92. The molecule has 0 radical (unpaired) electrons. The van der Waals surface area contributed by atoms with Gasteiger partial charge in [-0.15, -0.1) is 0 Å². The van der Waals surface area contributed by atoms with Crippen molar-refractivity contribution in [2.24, 2.45) is 23.7 Å². The van der Waals surface area contributed by atoms with E-state index in [1.807, 2.05) is 44.2 Å². The third-order valence-electron chi connectivity index (χ3n) is 7.50. The molecule has 0 amide bonds. The molecule has 6 unspecified atom stereocenters. The summed E-state index contributed by atoms with van der Waals surface area (Å²) in [5.74, 6) is -0.424. The van der Waals surface area contributed by atoms with Crippen molar-refractivity contribution < 1.29 is 23.9 Å². The topological polar surface area (TPSA) is 69.7 Å². The number of ether oxygens (including phenoxy) is 2. The standard InChI is InChI=1S/C26H26O5/c1-14-7-3-5-9-16(14)25(28)30-23-19-13-20(22-18(19)11-12-21(22)27)24(23)31-26(29)17-10-6-4-8-15(17)2/h3-10,18-20,22-24H,11-13H2,1-2H3. The van der Waals surface area contributed by atoms with E-state index in [4.69, 9.17) is 9.47 Å². The van der Waals surface area contributed by atoms with Gasteiger partial charge in [-0.05, 0) is 55.9 Å². The number of rotatable bonds is 4. The maximum Gasteiger partial charge on any atom is 0.338 e. The number of aryl methyl sites for hydroxylation is 2. The van der Waals surface area contributed by atoms with Crippen LogP contribution in [-0.4, -0.2) is 29.9 Å². The van der Waals surface area contributed by atoms with Crippen molar-refractivity contribution in [1.82, 2.24) is 0 Å². The molecule has 31 heavy (non-hydrogen) atoms. The predicted molar refractivity (Wildman–Crippen MR) is 114 cm³/mol. The van der Waals surface area contributed by atoms with E-state index in [2.05, 4.69) is 0 Å². The fourth-order valence-electron chi connectivity index (χ4n) is 6.06. The van der Waals surface area contributed by atoms with Gasteiger partial charge < -0.3 is 9.47 Å². The number of carbonyl (C=O) groups excluding carboxylic acids is 3. The van der Waals surface area contributed by atoms with Gasteiger partial charge in [0.05, 0.1) is 11.1 Å². The molecule has 5 nitrogen and oxygen atoms in total. The van der Waals surface area contributed by atoms with Gasteiger partial charge in [0.2, 0.25) is 0 Å². The zero-order chi connectivity index (χ0) is 21.7. The van der Waals surface area contributed by atoms with Crippen LogP contribution in [0.3, 0.4) is 0 Å². The maximum absolute atomic E-state index is 13.0. The van der Waals surface area contributed by atoms with Crippen molar-refractivity contribution in [3.63, 3.8) is 0 Å². The van der Waals surface area contributed by atoms with Crippen molar-refractivity contribution in [1.29, 1.82) is 0 Å². The lowest BCUT2D eigenvalue weighted by Gasteiger charge is -2.36. The van der Waals surface area contributed by atoms with E-state index in [1.54, 1.807) is 18.2 Å². The van der Waals surface area contributed by atoms with Gasteiger partial charge in [-0.3, -0.25) is 4.79 Å². The van der Waals surface area contributed by atoms with Crippen molar-refractivity contribution >= 4 is 17.7 Å². The Kier molecular flexibility index (Phi) is 4.92. The average Bonchev–Trinajstić information content (AvgIpc) is 3.41. The number of Topliss-reactive ketones (excluding diaryl/α,β-unsaturated/α-hetero) is 1. The Morgan fingerprint density at radius 2 is 1.29 bits per heavy atom. The summed E-state index contributed by atoms with van der Waals surface area (Å²) in [5, 5.41) is 0. The number of esters is 2. The second kappa shape index (κ2) is 7.63. The molecular weight excluding hydrogens is 392 g/mol. The van der Waals surface area contributed by atoms with Crippen LogP contribution in [0.2, 0.25) is 0 Å². The Bertz CT molecular complexity index is 1060. The highest BCUT2D eigenvalue weighted by Crippen LogP contribution is 2.59. The summed E-state index contributed by atoms with van der Waals surface area (Å²) in [6.45, 7) is 3.74. The average molecular weight is 418 g/mol. The summed E-state index contributed by atoms with van der Waals surface area (Å²) in [6.07, 6.45) is 1.06. The van der Waals surface area contributed by atoms with Crippen LogP contribution >= 0.6 is 0 Å². The number of fused-ring (bicyclic) bond motifs is 5. The molecular formula is C26H26O5. The Labute approximate surface area is 181 Å². The molecule has 0 aromatic heterocycles. The van der Waals surface area contributed by atoms with Crippen LogP contribution in [-0.2, 0) is 14.3 Å². The van der Waals surface area contributed by atoms with Crippen LogP contribution in [0.15, 0.2) is 48.5 Å². The number of ketones is 1. The number of hydrogen-bond acceptors (Lipinski definition) is 5. The Morgan fingerprint density at radius 1 is 0.774 bits per heavy atom. The van der Waals surface area contributed by atoms with E-state index in [-0.39, 0.29) is 29.5 Å². The first kappa shape index (κ1) is 20.0. The van der Waals surface area contributed by atoms with Gasteiger partial charge in [0, 0.05) is 24.2 Å². The molecule has 0 saturated heterocycles. The van der Waals surface area contributed by atoms with Crippen molar-refractivity contribution in [2.45, 2.75) is 45.3 Å². The quantitative estimate of drug-likeness (QED) is 0.693. The minimum absolute atomic E-state index is 0.0593. The van der Waals surface area contributed by atoms with Crippen molar-refractivity contribution in [2.75, 3.05) is 0 Å². The fraction of sp³-hybridized carbons (Fsp3) is 0.423. The lowest BCUT2D eigenvalue weighted by atomic mass is 9.78. The van der Waals surface area contributed by atoms with E-state index in [0.29, 0.717) is 17.5 Å². The summed E-state index contributed by atoms with van der Waals surface area (Å²) < 4.78 is 12.0. The molecule has 2 aromatic rings. The molecule has 5 heteroatoms. The lowest BCUT2D eigenvalue weighted by Crippen LogP contribution is -2.46. The zero-order valence-corrected chi connectivity index (χ0v) is 17.7. The summed E-state index contributed by atoms with van der Waals surface area (Å²) in [5.41, 5.74) is 2.70.